The van der Waals surface area contributed by atoms with Crippen LogP contribution in [0.15, 0.2) is 60.8 Å². The highest BCUT2D eigenvalue weighted by Gasteiger charge is 2.17. The van der Waals surface area contributed by atoms with Crippen molar-refractivity contribution >= 4 is 40.4 Å². The van der Waals surface area contributed by atoms with E-state index in [-0.39, 0.29) is 0 Å². The molecule has 136 valence electrons. The lowest BCUT2D eigenvalue weighted by molar-refractivity contribution is 1.11. The van der Waals surface area contributed by atoms with Gasteiger partial charge in [-0.1, -0.05) is 71.7 Å². The van der Waals surface area contributed by atoms with E-state index in [0.717, 1.165) is 17.2 Å². The summed E-state index contributed by atoms with van der Waals surface area (Å²) in [6.07, 6.45) is 2.55. The van der Waals surface area contributed by atoms with Gasteiger partial charge >= 0.3 is 0 Å². The SMILES string of the molecule is Cc1cccc(C)c1Nc1c(Cc2ccccc2)nc2c(Cl)cc(Cl)cn12. The van der Waals surface area contributed by atoms with Crippen molar-refractivity contribution in [1.29, 1.82) is 0 Å². The van der Waals surface area contributed by atoms with Gasteiger partial charge in [-0.2, -0.15) is 0 Å². The summed E-state index contributed by atoms with van der Waals surface area (Å²) >= 11 is 12.7. The van der Waals surface area contributed by atoms with Gasteiger partial charge in [-0.25, -0.2) is 4.98 Å². The third kappa shape index (κ3) is 3.53. The molecule has 0 spiro atoms. The average molecular weight is 396 g/mol. The fourth-order valence-corrected chi connectivity index (χ4v) is 3.81. The molecule has 2 aromatic heterocycles. The first-order valence-electron chi connectivity index (χ1n) is 8.76. The molecule has 0 unspecified atom stereocenters. The maximum Gasteiger partial charge on any atom is 0.157 e. The van der Waals surface area contributed by atoms with Gasteiger partial charge in [0, 0.05) is 18.3 Å². The minimum absolute atomic E-state index is 0.534. The number of nitrogens with zero attached hydrogens (tertiary/aromatic N) is 2. The predicted molar refractivity (Wildman–Crippen MR) is 114 cm³/mol. The first kappa shape index (κ1) is 17.9. The van der Waals surface area contributed by atoms with Gasteiger partial charge in [-0.15, -0.1) is 0 Å². The van der Waals surface area contributed by atoms with E-state index in [9.17, 15) is 0 Å². The fraction of sp³-hybridized carbons (Fsp3) is 0.136. The zero-order valence-electron chi connectivity index (χ0n) is 15.1. The van der Waals surface area contributed by atoms with Crippen molar-refractivity contribution in [2.24, 2.45) is 0 Å². The molecule has 0 aliphatic rings. The van der Waals surface area contributed by atoms with Crippen LogP contribution in [0.4, 0.5) is 11.5 Å². The summed E-state index contributed by atoms with van der Waals surface area (Å²) in [7, 11) is 0. The summed E-state index contributed by atoms with van der Waals surface area (Å²) in [5.74, 6) is 0.885. The van der Waals surface area contributed by atoms with Gasteiger partial charge in [0.15, 0.2) is 5.65 Å². The Labute approximate surface area is 168 Å². The second-order valence-electron chi connectivity index (χ2n) is 6.66. The van der Waals surface area contributed by atoms with Crippen molar-refractivity contribution < 1.29 is 0 Å². The lowest BCUT2D eigenvalue weighted by atomic mass is 10.1. The number of pyridine rings is 1. The molecule has 0 saturated heterocycles. The van der Waals surface area contributed by atoms with Crippen LogP contribution >= 0.6 is 23.2 Å². The molecule has 2 heterocycles. The minimum atomic E-state index is 0.534. The van der Waals surface area contributed by atoms with Crippen LogP contribution in [0.2, 0.25) is 10.0 Å². The molecule has 0 fully saturated rings. The number of fused-ring (bicyclic) bond motifs is 1. The Hall–Kier alpha value is -2.49. The third-order valence-electron chi connectivity index (χ3n) is 4.65. The number of hydrogen-bond donors (Lipinski definition) is 1. The third-order valence-corrected chi connectivity index (χ3v) is 5.14. The number of anilines is 2. The maximum atomic E-state index is 6.42. The summed E-state index contributed by atoms with van der Waals surface area (Å²) in [5, 5.41) is 4.69. The van der Waals surface area contributed by atoms with Crippen LogP contribution in [-0.4, -0.2) is 9.38 Å². The van der Waals surface area contributed by atoms with Gasteiger partial charge in [0.1, 0.15) is 5.82 Å². The van der Waals surface area contributed by atoms with Crippen LogP contribution in [0, 0.1) is 13.8 Å². The number of imidazole rings is 1. The second kappa shape index (κ2) is 7.26. The van der Waals surface area contributed by atoms with Gasteiger partial charge in [-0.3, -0.25) is 4.40 Å². The van der Waals surface area contributed by atoms with Crippen molar-refractivity contribution in [3.8, 4) is 0 Å². The van der Waals surface area contributed by atoms with Crippen LogP contribution < -0.4 is 5.32 Å². The largest absolute Gasteiger partial charge is 0.339 e. The molecule has 27 heavy (non-hydrogen) atoms. The van der Waals surface area contributed by atoms with Gasteiger partial charge in [0.05, 0.1) is 15.7 Å². The van der Waals surface area contributed by atoms with E-state index in [1.54, 1.807) is 6.07 Å². The van der Waals surface area contributed by atoms with Crippen molar-refractivity contribution in [1.82, 2.24) is 9.38 Å². The highest BCUT2D eigenvalue weighted by atomic mass is 35.5. The molecule has 0 amide bonds. The van der Waals surface area contributed by atoms with Crippen molar-refractivity contribution in [3.63, 3.8) is 0 Å². The molecule has 1 N–H and O–H groups in total. The van der Waals surface area contributed by atoms with Crippen molar-refractivity contribution in [2.45, 2.75) is 20.3 Å². The van der Waals surface area contributed by atoms with Crippen LogP contribution in [0.25, 0.3) is 5.65 Å². The highest BCUT2D eigenvalue weighted by molar-refractivity contribution is 6.36. The zero-order chi connectivity index (χ0) is 19.0. The quantitative estimate of drug-likeness (QED) is 0.422. The van der Waals surface area contributed by atoms with Crippen LogP contribution in [-0.2, 0) is 6.42 Å². The normalized spacial score (nSPS) is 11.1. The number of para-hydroxylation sites is 1. The Bertz CT molecular complexity index is 1100. The molecule has 0 bridgehead atoms. The highest BCUT2D eigenvalue weighted by Crippen LogP contribution is 2.32. The Morgan fingerprint density at radius 3 is 2.37 bits per heavy atom. The first-order chi connectivity index (χ1) is 13.0. The number of hydrogen-bond acceptors (Lipinski definition) is 2. The van der Waals surface area contributed by atoms with E-state index in [4.69, 9.17) is 28.2 Å². The second-order valence-corrected chi connectivity index (χ2v) is 7.50. The van der Waals surface area contributed by atoms with Gasteiger partial charge in [-0.05, 0) is 36.6 Å². The molecular formula is C22H19Cl2N3. The van der Waals surface area contributed by atoms with Crippen molar-refractivity contribution in [3.05, 3.63) is 93.2 Å². The molecular weight excluding hydrogens is 377 g/mol. The van der Waals surface area contributed by atoms with E-state index in [0.29, 0.717) is 22.1 Å². The minimum Gasteiger partial charge on any atom is -0.339 e. The molecule has 0 aliphatic heterocycles. The summed E-state index contributed by atoms with van der Waals surface area (Å²) < 4.78 is 1.94. The van der Waals surface area contributed by atoms with Crippen LogP contribution in [0.1, 0.15) is 22.4 Å². The Morgan fingerprint density at radius 2 is 1.67 bits per heavy atom. The summed E-state index contributed by atoms with van der Waals surface area (Å²) in [6.45, 7) is 4.19. The average Bonchev–Trinajstić information content (AvgIpc) is 2.97. The lowest BCUT2D eigenvalue weighted by Crippen LogP contribution is -2.02. The van der Waals surface area contributed by atoms with Crippen LogP contribution in [0.3, 0.4) is 0 Å². The smallest absolute Gasteiger partial charge is 0.157 e. The first-order valence-corrected chi connectivity index (χ1v) is 9.51. The molecule has 0 saturated carbocycles. The van der Waals surface area contributed by atoms with Gasteiger partial charge in [0.25, 0.3) is 0 Å². The van der Waals surface area contributed by atoms with E-state index in [2.05, 4.69) is 49.5 Å². The number of aromatic nitrogens is 2. The molecule has 4 aromatic rings. The monoisotopic (exact) mass is 395 g/mol. The number of benzene rings is 2. The summed E-state index contributed by atoms with van der Waals surface area (Å²) in [5.41, 5.74) is 6.22. The molecule has 0 atom stereocenters. The number of rotatable bonds is 4. The number of halogens is 2. The Kier molecular flexibility index (Phi) is 4.81. The van der Waals surface area contributed by atoms with Crippen LogP contribution in [0.5, 0.6) is 0 Å². The van der Waals surface area contributed by atoms with E-state index in [1.165, 1.54) is 16.7 Å². The molecule has 4 rings (SSSR count). The number of aryl methyl sites for hydroxylation is 2. The Balaban J connectivity index is 1.89. The zero-order valence-corrected chi connectivity index (χ0v) is 16.6. The number of nitrogens with one attached hydrogen (secondary N) is 1. The molecule has 0 radical (unpaired) electrons. The maximum absolute atomic E-state index is 6.42. The molecule has 2 aromatic carbocycles. The lowest BCUT2D eigenvalue weighted by Gasteiger charge is -2.14. The standard InChI is InChI=1S/C22H19Cl2N3/c1-14-7-6-8-15(2)20(14)26-22-19(11-16-9-4-3-5-10-16)25-21-18(24)12-17(23)13-27(21)22/h3-10,12-13,26H,11H2,1-2H3. The Morgan fingerprint density at radius 1 is 0.963 bits per heavy atom. The van der Waals surface area contributed by atoms with Gasteiger partial charge < -0.3 is 5.32 Å². The molecule has 3 nitrogen and oxygen atoms in total. The summed E-state index contributed by atoms with van der Waals surface area (Å²) in [4.78, 5) is 4.81. The van der Waals surface area contributed by atoms with E-state index >= 15 is 0 Å². The molecule has 5 heteroatoms. The van der Waals surface area contributed by atoms with E-state index in [1.807, 2.05) is 28.8 Å². The van der Waals surface area contributed by atoms with E-state index < -0.39 is 0 Å². The predicted octanol–water partition coefficient (Wildman–Crippen LogP) is 6.59. The summed E-state index contributed by atoms with van der Waals surface area (Å²) in [6, 6.07) is 18.2. The molecule has 0 aliphatic carbocycles. The fourth-order valence-electron chi connectivity index (χ4n) is 3.29. The topological polar surface area (TPSA) is 29.3 Å². The van der Waals surface area contributed by atoms with Crippen molar-refractivity contribution in [2.75, 3.05) is 5.32 Å². The van der Waals surface area contributed by atoms with Gasteiger partial charge in [0.2, 0.25) is 0 Å².